The first kappa shape index (κ1) is 18.9. The van der Waals surface area contributed by atoms with E-state index in [1.54, 1.807) is 9.80 Å². The number of aromatic nitrogens is 1. The molecule has 0 atom stereocenters. The van der Waals surface area contributed by atoms with Crippen LogP contribution in [0.3, 0.4) is 0 Å². The molecule has 0 aliphatic carbocycles. The van der Waals surface area contributed by atoms with Crippen LogP contribution in [0.1, 0.15) is 24.8 Å². The molecule has 2 aliphatic rings. The van der Waals surface area contributed by atoms with Crippen molar-refractivity contribution in [3.05, 3.63) is 23.6 Å². The van der Waals surface area contributed by atoms with Crippen LogP contribution in [0.2, 0.25) is 0 Å². The second-order valence-corrected chi connectivity index (χ2v) is 6.65. The Balaban J connectivity index is 1.54. The van der Waals surface area contributed by atoms with E-state index in [4.69, 9.17) is 4.74 Å². The van der Waals surface area contributed by atoms with Gasteiger partial charge in [0.05, 0.1) is 18.8 Å². The van der Waals surface area contributed by atoms with Crippen LogP contribution in [0.4, 0.5) is 23.4 Å². The standard InChI is InChI=1S/C17H21F4N3O2/c18-14-10-13(17(19,20)21)11-22-16(14)24-3-1-12(2-4-24)9-15(25)23-5-7-26-8-6-23/h10-12H,1-9H2. The Morgan fingerprint density at radius 1 is 1.19 bits per heavy atom. The molecule has 0 bridgehead atoms. The fourth-order valence-electron chi connectivity index (χ4n) is 3.36. The summed E-state index contributed by atoms with van der Waals surface area (Å²) in [5.41, 5.74) is -1.09. The number of alkyl halides is 3. The molecule has 1 amide bonds. The summed E-state index contributed by atoms with van der Waals surface area (Å²) in [6.45, 7) is 3.27. The molecule has 26 heavy (non-hydrogen) atoms. The molecule has 0 N–H and O–H groups in total. The van der Waals surface area contributed by atoms with Gasteiger partial charge in [0.1, 0.15) is 0 Å². The number of carbonyl (C=O) groups excluding carboxylic acids is 1. The van der Waals surface area contributed by atoms with Crippen molar-refractivity contribution < 1.29 is 27.1 Å². The van der Waals surface area contributed by atoms with E-state index in [9.17, 15) is 22.4 Å². The highest BCUT2D eigenvalue weighted by molar-refractivity contribution is 5.76. The first-order valence-electron chi connectivity index (χ1n) is 8.68. The molecule has 1 aromatic rings. The first-order chi connectivity index (χ1) is 12.3. The molecular weight excluding hydrogens is 354 g/mol. The second kappa shape index (κ2) is 7.77. The maximum absolute atomic E-state index is 14.0. The van der Waals surface area contributed by atoms with Gasteiger partial charge in [0.25, 0.3) is 0 Å². The Kier molecular flexibility index (Phi) is 5.64. The smallest absolute Gasteiger partial charge is 0.378 e. The topological polar surface area (TPSA) is 45.7 Å². The van der Waals surface area contributed by atoms with Gasteiger partial charge in [-0.05, 0) is 24.8 Å². The predicted octanol–water partition coefficient (Wildman–Crippen LogP) is 2.70. The van der Waals surface area contributed by atoms with Crippen molar-refractivity contribution in [2.75, 3.05) is 44.3 Å². The van der Waals surface area contributed by atoms with Crippen molar-refractivity contribution in [2.45, 2.75) is 25.4 Å². The van der Waals surface area contributed by atoms with Gasteiger partial charge < -0.3 is 14.5 Å². The Bertz CT molecular complexity index is 639. The number of morpholine rings is 1. The molecule has 0 unspecified atom stereocenters. The number of rotatable bonds is 3. The summed E-state index contributed by atoms with van der Waals surface area (Å²) < 4.78 is 57.1. The zero-order valence-corrected chi connectivity index (χ0v) is 14.3. The summed E-state index contributed by atoms with van der Waals surface area (Å²) in [4.78, 5) is 19.4. The molecule has 5 nitrogen and oxygen atoms in total. The number of ether oxygens (including phenoxy) is 1. The van der Waals surface area contributed by atoms with Crippen LogP contribution in [0.25, 0.3) is 0 Å². The van der Waals surface area contributed by atoms with E-state index in [1.807, 2.05) is 0 Å². The molecule has 0 aromatic carbocycles. The second-order valence-electron chi connectivity index (χ2n) is 6.65. The van der Waals surface area contributed by atoms with Gasteiger partial charge in [-0.3, -0.25) is 4.79 Å². The quantitative estimate of drug-likeness (QED) is 0.763. The number of carbonyl (C=O) groups is 1. The lowest BCUT2D eigenvalue weighted by Crippen LogP contribution is -2.42. The van der Waals surface area contributed by atoms with Gasteiger partial charge in [-0.1, -0.05) is 0 Å². The van der Waals surface area contributed by atoms with Crippen LogP contribution in [-0.2, 0) is 15.7 Å². The third-order valence-electron chi connectivity index (χ3n) is 4.89. The number of amides is 1. The van der Waals surface area contributed by atoms with E-state index in [2.05, 4.69) is 4.98 Å². The molecule has 2 saturated heterocycles. The molecule has 3 heterocycles. The number of nitrogens with zero attached hydrogens (tertiary/aromatic N) is 3. The van der Waals surface area contributed by atoms with Crippen molar-refractivity contribution in [1.82, 2.24) is 9.88 Å². The highest BCUT2D eigenvalue weighted by atomic mass is 19.4. The normalized spacial score (nSPS) is 19.7. The zero-order valence-electron chi connectivity index (χ0n) is 14.3. The van der Waals surface area contributed by atoms with Gasteiger partial charge in [-0.15, -0.1) is 0 Å². The van der Waals surface area contributed by atoms with Crippen molar-refractivity contribution in [1.29, 1.82) is 0 Å². The third kappa shape index (κ3) is 4.44. The van der Waals surface area contributed by atoms with Crippen LogP contribution in [-0.4, -0.2) is 55.2 Å². The summed E-state index contributed by atoms with van der Waals surface area (Å²) in [6.07, 6.45) is -2.15. The van der Waals surface area contributed by atoms with Gasteiger partial charge in [-0.2, -0.15) is 13.2 Å². The number of piperidine rings is 1. The lowest BCUT2D eigenvalue weighted by molar-refractivity contribution is -0.138. The van der Waals surface area contributed by atoms with Crippen molar-refractivity contribution in [2.24, 2.45) is 5.92 Å². The fourth-order valence-corrected chi connectivity index (χ4v) is 3.36. The Morgan fingerprint density at radius 2 is 1.85 bits per heavy atom. The highest BCUT2D eigenvalue weighted by Gasteiger charge is 2.33. The average Bonchev–Trinajstić information content (AvgIpc) is 2.62. The van der Waals surface area contributed by atoms with Crippen LogP contribution in [0, 0.1) is 11.7 Å². The Morgan fingerprint density at radius 3 is 2.42 bits per heavy atom. The minimum absolute atomic E-state index is 0.0593. The Labute approximate surface area is 148 Å². The molecule has 0 spiro atoms. The van der Waals surface area contributed by atoms with Crippen LogP contribution >= 0.6 is 0 Å². The molecule has 0 radical (unpaired) electrons. The Hall–Kier alpha value is -1.90. The summed E-state index contributed by atoms with van der Waals surface area (Å²) in [5.74, 6) is -0.733. The number of hydrogen-bond acceptors (Lipinski definition) is 4. The average molecular weight is 375 g/mol. The molecule has 1 aromatic heterocycles. The monoisotopic (exact) mass is 375 g/mol. The van der Waals surface area contributed by atoms with E-state index in [0.717, 1.165) is 0 Å². The van der Waals surface area contributed by atoms with Crippen LogP contribution in [0.5, 0.6) is 0 Å². The molecule has 144 valence electrons. The van der Waals surface area contributed by atoms with Crippen molar-refractivity contribution >= 4 is 11.7 Å². The lowest BCUT2D eigenvalue weighted by atomic mass is 9.93. The minimum Gasteiger partial charge on any atom is -0.378 e. The largest absolute Gasteiger partial charge is 0.417 e. The van der Waals surface area contributed by atoms with E-state index in [0.29, 0.717) is 70.9 Å². The molecule has 3 rings (SSSR count). The summed E-state index contributed by atoms with van der Waals surface area (Å²) >= 11 is 0. The molecule has 2 aliphatic heterocycles. The SMILES string of the molecule is O=C(CC1CCN(c2ncc(C(F)(F)F)cc2F)CC1)N1CCOCC1. The maximum atomic E-state index is 14.0. The first-order valence-corrected chi connectivity index (χ1v) is 8.68. The predicted molar refractivity (Wildman–Crippen MR) is 86.2 cm³/mol. The summed E-state index contributed by atoms with van der Waals surface area (Å²) in [6, 6.07) is 0.483. The van der Waals surface area contributed by atoms with Gasteiger partial charge in [-0.25, -0.2) is 9.37 Å². The van der Waals surface area contributed by atoms with E-state index < -0.39 is 17.6 Å². The number of hydrogen-bond donors (Lipinski definition) is 0. The number of pyridine rings is 1. The fraction of sp³-hybridized carbons (Fsp3) is 0.647. The van der Waals surface area contributed by atoms with E-state index in [-0.39, 0.29) is 17.6 Å². The molecule has 2 fully saturated rings. The van der Waals surface area contributed by atoms with Crippen LogP contribution < -0.4 is 4.90 Å². The van der Waals surface area contributed by atoms with Crippen molar-refractivity contribution in [3.63, 3.8) is 0 Å². The minimum atomic E-state index is -4.61. The maximum Gasteiger partial charge on any atom is 0.417 e. The molecule has 9 heteroatoms. The zero-order chi connectivity index (χ0) is 18.7. The van der Waals surface area contributed by atoms with Gasteiger partial charge >= 0.3 is 6.18 Å². The van der Waals surface area contributed by atoms with Gasteiger partial charge in [0.15, 0.2) is 11.6 Å². The summed E-state index contributed by atoms with van der Waals surface area (Å²) in [5, 5.41) is 0. The molecule has 0 saturated carbocycles. The summed E-state index contributed by atoms with van der Waals surface area (Å²) in [7, 11) is 0. The van der Waals surface area contributed by atoms with Crippen molar-refractivity contribution in [3.8, 4) is 0 Å². The van der Waals surface area contributed by atoms with E-state index in [1.165, 1.54) is 0 Å². The van der Waals surface area contributed by atoms with Gasteiger partial charge in [0, 0.05) is 38.8 Å². The van der Waals surface area contributed by atoms with Crippen LogP contribution in [0.15, 0.2) is 12.3 Å². The molecular formula is C17H21F4N3O2. The van der Waals surface area contributed by atoms with E-state index >= 15 is 0 Å². The lowest BCUT2D eigenvalue weighted by Gasteiger charge is -2.34. The number of anilines is 1. The number of halogens is 4. The van der Waals surface area contributed by atoms with Gasteiger partial charge in [0.2, 0.25) is 5.91 Å². The third-order valence-corrected chi connectivity index (χ3v) is 4.89. The highest BCUT2D eigenvalue weighted by Crippen LogP contribution is 2.32.